The molecule has 2 N–H and O–H groups in total. The third-order valence-corrected chi connectivity index (χ3v) is 2.83. The molecule has 0 aliphatic carbocycles. The fraction of sp³-hybridized carbons (Fsp3) is 0.917. The van der Waals surface area contributed by atoms with Crippen molar-refractivity contribution in [2.24, 2.45) is 0 Å². The molecule has 0 radical (unpaired) electrons. The molecule has 0 aromatic rings. The molecule has 0 saturated carbocycles. The van der Waals surface area contributed by atoms with E-state index in [0.29, 0.717) is 19.1 Å². The van der Waals surface area contributed by atoms with Gasteiger partial charge in [-0.1, -0.05) is 6.42 Å². The largest absolute Gasteiger partial charge is 0.382 e. The first kappa shape index (κ1) is 13.5. The number of carbonyl (C=O) groups is 1. The summed E-state index contributed by atoms with van der Waals surface area (Å²) in [6.07, 6.45) is 4.14. The number of amides is 1. The van der Waals surface area contributed by atoms with Gasteiger partial charge in [-0.3, -0.25) is 4.79 Å². The highest BCUT2D eigenvalue weighted by Crippen LogP contribution is 2.11. The summed E-state index contributed by atoms with van der Waals surface area (Å²) in [4.78, 5) is 11.8. The van der Waals surface area contributed by atoms with Gasteiger partial charge in [0.1, 0.15) is 0 Å². The van der Waals surface area contributed by atoms with Crippen LogP contribution < -0.4 is 10.6 Å². The maximum absolute atomic E-state index is 11.8. The smallest absolute Gasteiger partial charge is 0.222 e. The maximum Gasteiger partial charge on any atom is 0.222 e. The van der Waals surface area contributed by atoms with Crippen LogP contribution in [0, 0.1) is 0 Å². The number of hydrogen-bond acceptors (Lipinski definition) is 3. The first-order chi connectivity index (χ1) is 7.53. The summed E-state index contributed by atoms with van der Waals surface area (Å²) in [6.45, 7) is 5.53. The second kappa shape index (κ2) is 6.21. The number of nitrogens with one attached hydrogen (secondary N) is 2. The minimum absolute atomic E-state index is 0.112. The predicted molar refractivity (Wildman–Crippen MR) is 64.4 cm³/mol. The number of rotatable bonds is 5. The lowest BCUT2D eigenvalue weighted by Crippen LogP contribution is -2.49. The van der Waals surface area contributed by atoms with Crippen molar-refractivity contribution in [3.8, 4) is 0 Å². The molecule has 1 amide bonds. The van der Waals surface area contributed by atoms with Crippen LogP contribution in [0.25, 0.3) is 0 Å². The van der Waals surface area contributed by atoms with E-state index in [1.807, 2.05) is 13.8 Å². The maximum atomic E-state index is 11.8. The van der Waals surface area contributed by atoms with Gasteiger partial charge in [-0.15, -0.1) is 0 Å². The lowest BCUT2D eigenvalue weighted by Gasteiger charge is -2.28. The Kier molecular flexibility index (Phi) is 5.22. The summed E-state index contributed by atoms with van der Waals surface area (Å²) >= 11 is 0. The summed E-state index contributed by atoms with van der Waals surface area (Å²) in [5.74, 6) is 0.112. The van der Waals surface area contributed by atoms with Gasteiger partial charge < -0.3 is 15.4 Å². The molecule has 1 saturated heterocycles. The molecule has 1 aliphatic heterocycles. The predicted octanol–water partition coefficient (Wildman–Crippen LogP) is 1.06. The van der Waals surface area contributed by atoms with E-state index in [4.69, 9.17) is 4.74 Å². The van der Waals surface area contributed by atoms with Gasteiger partial charge in [-0.25, -0.2) is 0 Å². The van der Waals surface area contributed by atoms with Crippen molar-refractivity contribution >= 4 is 5.91 Å². The Labute approximate surface area is 98.1 Å². The van der Waals surface area contributed by atoms with Crippen LogP contribution in [0.1, 0.15) is 39.5 Å². The van der Waals surface area contributed by atoms with Crippen molar-refractivity contribution < 1.29 is 9.53 Å². The summed E-state index contributed by atoms with van der Waals surface area (Å²) in [6, 6.07) is 0.354. The molecule has 94 valence electrons. The normalized spacial score (nSPS) is 21.8. The Bertz CT molecular complexity index is 223. The third-order valence-electron chi connectivity index (χ3n) is 2.83. The molecule has 0 bridgehead atoms. The first-order valence-electron chi connectivity index (χ1n) is 6.07. The summed E-state index contributed by atoms with van der Waals surface area (Å²) in [5.41, 5.74) is -0.277. The second-order valence-corrected chi connectivity index (χ2v) is 5.22. The van der Waals surface area contributed by atoms with Gasteiger partial charge in [0.2, 0.25) is 5.91 Å². The Morgan fingerprint density at radius 1 is 1.50 bits per heavy atom. The van der Waals surface area contributed by atoms with E-state index in [2.05, 4.69) is 10.6 Å². The summed E-state index contributed by atoms with van der Waals surface area (Å²) < 4.78 is 5.07. The van der Waals surface area contributed by atoms with Gasteiger partial charge in [-0.2, -0.15) is 0 Å². The van der Waals surface area contributed by atoms with Crippen molar-refractivity contribution in [3.63, 3.8) is 0 Å². The molecule has 4 heteroatoms. The van der Waals surface area contributed by atoms with Crippen molar-refractivity contribution in [1.82, 2.24) is 10.6 Å². The van der Waals surface area contributed by atoms with Gasteiger partial charge >= 0.3 is 0 Å². The molecule has 1 unspecified atom stereocenters. The van der Waals surface area contributed by atoms with Crippen LogP contribution in [0.3, 0.4) is 0 Å². The van der Waals surface area contributed by atoms with E-state index in [0.717, 1.165) is 13.0 Å². The monoisotopic (exact) mass is 228 g/mol. The molecule has 4 nitrogen and oxygen atoms in total. The van der Waals surface area contributed by atoms with Crippen LogP contribution in [0.15, 0.2) is 0 Å². The van der Waals surface area contributed by atoms with Gasteiger partial charge in [0, 0.05) is 19.6 Å². The number of carbonyl (C=O) groups excluding carboxylic acids is 1. The summed E-state index contributed by atoms with van der Waals surface area (Å²) in [7, 11) is 1.65. The van der Waals surface area contributed by atoms with Crippen molar-refractivity contribution in [2.75, 3.05) is 20.3 Å². The zero-order chi connectivity index (χ0) is 12.0. The van der Waals surface area contributed by atoms with Crippen molar-refractivity contribution in [2.45, 2.75) is 51.1 Å². The van der Waals surface area contributed by atoms with E-state index in [9.17, 15) is 4.79 Å². The molecule has 16 heavy (non-hydrogen) atoms. The number of hydrogen-bond donors (Lipinski definition) is 2. The number of ether oxygens (including phenoxy) is 1. The SMILES string of the molecule is COCC(C)(C)NC(=O)CC1CCCCN1. The highest BCUT2D eigenvalue weighted by atomic mass is 16.5. The molecule has 1 atom stereocenters. The Hall–Kier alpha value is -0.610. The Morgan fingerprint density at radius 3 is 2.81 bits per heavy atom. The van der Waals surface area contributed by atoms with E-state index in [-0.39, 0.29) is 11.4 Å². The molecule has 0 aromatic heterocycles. The zero-order valence-corrected chi connectivity index (χ0v) is 10.6. The lowest BCUT2D eigenvalue weighted by atomic mass is 10.0. The molecule has 1 aliphatic rings. The van der Waals surface area contributed by atoms with Crippen LogP contribution >= 0.6 is 0 Å². The second-order valence-electron chi connectivity index (χ2n) is 5.22. The van der Waals surface area contributed by atoms with Crippen LogP contribution in [0.2, 0.25) is 0 Å². The molecule has 1 fully saturated rings. The topological polar surface area (TPSA) is 50.4 Å². The van der Waals surface area contributed by atoms with E-state index < -0.39 is 0 Å². The average molecular weight is 228 g/mol. The fourth-order valence-corrected chi connectivity index (χ4v) is 2.15. The lowest BCUT2D eigenvalue weighted by molar-refractivity contribution is -0.123. The quantitative estimate of drug-likeness (QED) is 0.740. The summed E-state index contributed by atoms with van der Waals surface area (Å²) in [5, 5.41) is 6.38. The van der Waals surface area contributed by atoms with Gasteiger partial charge in [0.25, 0.3) is 0 Å². The molecular weight excluding hydrogens is 204 g/mol. The van der Waals surface area contributed by atoms with Crippen molar-refractivity contribution in [1.29, 1.82) is 0 Å². The molecule has 0 aromatic carbocycles. The van der Waals surface area contributed by atoms with E-state index in [1.54, 1.807) is 7.11 Å². The van der Waals surface area contributed by atoms with Gasteiger partial charge in [0.05, 0.1) is 12.1 Å². The van der Waals surface area contributed by atoms with Crippen LogP contribution in [0.4, 0.5) is 0 Å². The van der Waals surface area contributed by atoms with E-state index >= 15 is 0 Å². The van der Waals surface area contributed by atoms with Crippen LogP contribution in [-0.2, 0) is 9.53 Å². The molecule has 1 heterocycles. The van der Waals surface area contributed by atoms with Gasteiger partial charge in [-0.05, 0) is 33.2 Å². The number of piperidine rings is 1. The van der Waals surface area contributed by atoms with Crippen LogP contribution in [-0.4, -0.2) is 37.7 Å². The van der Waals surface area contributed by atoms with Crippen LogP contribution in [0.5, 0.6) is 0 Å². The third kappa shape index (κ3) is 4.94. The highest BCUT2D eigenvalue weighted by molar-refractivity contribution is 5.77. The minimum atomic E-state index is -0.277. The fourth-order valence-electron chi connectivity index (χ4n) is 2.15. The van der Waals surface area contributed by atoms with Gasteiger partial charge in [0.15, 0.2) is 0 Å². The minimum Gasteiger partial charge on any atom is -0.382 e. The zero-order valence-electron chi connectivity index (χ0n) is 10.6. The molecule has 1 rings (SSSR count). The molecular formula is C12H24N2O2. The number of methoxy groups -OCH3 is 1. The molecule has 0 spiro atoms. The first-order valence-corrected chi connectivity index (χ1v) is 6.07. The highest BCUT2D eigenvalue weighted by Gasteiger charge is 2.22. The standard InChI is InChI=1S/C12H24N2O2/c1-12(2,9-16-3)14-11(15)8-10-6-4-5-7-13-10/h10,13H,4-9H2,1-3H3,(H,14,15). The van der Waals surface area contributed by atoms with E-state index in [1.165, 1.54) is 12.8 Å². The van der Waals surface area contributed by atoms with Crippen molar-refractivity contribution in [3.05, 3.63) is 0 Å². The Balaban J connectivity index is 2.28. The average Bonchev–Trinajstić information content (AvgIpc) is 2.17. The Morgan fingerprint density at radius 2 is 2.25 bits per heavy atom.